The second-order valence-corrected chi connectivity index (χ2v) is 13.2. The van der Waals surface area contributed by atoms with E-state index < -0.39 is 0 Å². The molecule has 0 aromatic rings. The summed E-state index contributed by atoms with van der Waals surface area (Å²) in [6.45, 7) is 27.9. The van der Waals surface area contributed by atoms with Gasteiger partial charge in [0.15, 0.2) is 0 Å². The molecule has 0 spiro atoms. The Bertz CT molecular complexity index is 477. The van der Waals surface area contributed by atoms with Crippen LogP contribution in [0, 0.1) is 11.8 Å². The van der Waals surface area contributed by atoms with Gasteiger partial charge >= 0.3 is 0 Å². The van der Waals surface area contributed by atoms with Crippen molar-refractivity contribution in [2.45, 2.75) is 132 Å². The van der Waals surface area contributed by atoms with E-state index in [1.54, 1.807) is 0 Å². The first-order valence-corrected chi connectivity index (χ1v) is 20.1. The van der Waals surface area contributed by atoms with Gasteiger partial charge in [-0.05, 0) is 107 Å². The Morgan fingerprint density at radius 2 is 1.26 bits per heavy atom. The van der Waals surface area contributed by atoms with Gasteiger partial charge in [-0.2, -0.15) is 23.5 Å². The third-order valence-electron chi connectivity index (χ3n) is 6.58. The van der Waals surface area contributed by atoms with E-state index in [4.69, 9.17) is 5.73 Å². The van der Waals surface area contributed by atoms with Crippen LogP contribution in [0.15, 0.2) is 24.9 Å². The minimum Gasteiger partial charge on any atom is -0.389 e. The SMILES string of the molecule is C=CCCNCCC(=C)NCCCC(C)CCCCSCCC.CC.CC.CNCCCC(C)CCCCSCCN. The maximum atomic E-state index is 5.43. The largest absolute Gasteiger partial charge is 0.389 e. The van der Waals surface area contributed by atoms with Crippen LogP contribution in [-0.4, -0.2) is 62.8 Å². The molecule has 0 amide bonds. The van der Waals surface area contributed by atoms with Gasteiger partial charge in [-0.1, -0.05) is 86.8 Å². The quantitative estimate of drug-likeness (QED) is 0.0486. The molecule has 0 saturated carbocycles. The Balaban J connectivity index is -0.000000328. The van der Waals surface area contributed by atoms with Crippen LogP contribution in [0.4, 0.5) is 0 Å². The van der Waals surface area contributed by atoms with E-state index in [1.807, 2.05) is 52.6 Å². The number of unbranched alkanes of at least 4 members (excludes halogenated alkanes) is 2. The van der Waals surface area contributed by atoms with Gasteiger partial charge < -0.3 is 21.7 Å². The Morgan fingerprint density at radius 3 is 1.76 bits per heavy atom. The zero-order valence-electron chi connectivity index (χ0n) is 30.1. The molecule has 2 unspecified atom stereocenters. The molecule has 0 fully saturated rings. The molecule has 6 heteroatoms. The van der Waals surface area contributed by atoms with E-state index in [0.29, 0.717) is 0 Å². The van der Waals surface area contributed by atoms with Crippen molar-refractivity contribution >= 4 is 23.5 Å². The summed E-state index contributed by atoms with van der Waals surface area (Å²) in [6, 6.07) is 0. The van der Waals surface area contributed by atoms with Crippen LogP contribution in [-0.2, 0) is 0 Å². The third-order valence-corrected chi connectivity index (χ3v) is 8.96. The van der Waals surface area contributed by atoms with Crippen LogP contribution in [0.2, 0.25) is 0 Å². The van der Waals surface area contributed by atoms with Crippen molar-refractivity contribution in [2.24, 2.45) is 17.6 Å². The highest BCUT2D eigenvalue weighted by atomic mass is 32.2. The maximum absolute atomic E-state index is 5.43. The van der Waals surface area contributed by atoms with Crippen molar-refractivity contribution in [1.82, 2.24) is 16.0 Å². The first-order chi connectivity index (χ1) is 20.5. The van der Waals surface area contributed by atoms with Gasteiger partial charge in [0.1, 0.15) is 0 Å². The van der Waals surface area contributed by atoms with Crippen molar-refractivity contribution in [3.63, 3.8) is 0 Å². The highest BCUT2D eigenvalue weighted by Crippen LogP contribution is 2.16. The molecule has 0 aliphatic heterocycles. The van der Waals surface area contributed by atoms with E-state index in [2.05, 4.69) is 61.6 Å². The molecule has 0 aromatic heterocycles. The lowest BCUT2D eigenvalue weighted by Gasteiger charge is -2.13. The number of nitrogens with one attached hydrogen (secondary N) is 3. The minimum atomic E-state index is 0.824. The van der Waals surface area contributed by atoms with Gasteiger partial charge in [0, 0.05) is 31.1 Å². The van der Waals surface area contributed by atoms with Gasteiger partial charge in [-0.25, -0.2) is 0 Å². The zero-order valence-corrected chi connectivity index (χ0v) is 31.7. The second kappa shape index (κ2) is 47.8. The second-order valence-electron chi connectivity index (χ2n) is 10.7. The molecule has 0 saturated heterocycles. The molecule has 2 atom stereocenters. The van der Waals surface area contributed by atoms with Gasteiger partial charge in [-0.15, -0.1) is 6.58 Å². The summed E-state index contributed by atoms with van der Waals surface area (Å²) in [5.74, 6) is 6.86. The first-order valence-electron chi connectivity index (χ1n) is 17.7. The van der Waals surface area contributed by atoms with E-state index >= 15 is 0 Å². The predicted molar refractivity (Wildman–Crippen MR) is 205 cm³/mol. The third kappa shape index (κ3) is 49.5. The van der Waals surface area contributed by atoms with Crippen LogP contribution in [0.1, 0.15) is 132 Å². The van der Waals surface area contributed by atoms with Crippen LogP contribution in [0.3, 0.4) is 0 Å². The molecule has 0 rings (SSSR count). The van der Waals surface area contributed by atoms with Crippen LogP contribution in [0.25, 0.3) is 0 Å². The van der Waals surface area contributed by atoms with Gasteiger partial charge in [0.25, 0.3) is 0 Å². The predicted octanol–water partition coefficient (Wildman–Crippen LogP) is 9.91. The van der Waals surface area contributed by atoms with Gasteiger partial charge in [-0.3, -0.25) is 0 Å². The molecule has 0 bridgehead atoms. The summed E-state index contributed by atoms with van der Waals surface area (Å²) < 4.78 is 0. The molecule has 0 heterocycles. The number of thioether (sulfide) groups is 2. The number of hydrogen-bond acceptors (Lipinski definition) is 6. The Morgan fingerprint density at radius 1 is 0.738 bits per heavy atom. The number of rotatable bonds is 29. The van der Waals surface area contributed by atoms with Crippen LogP contribution in [0.5, 0.6) is 0 Å². The highest BCUT2D eigenvalue weighted by molar-refractivity contribution is 7.99. The lowest BCUT2D eigenvalue weighted by molar-refractivity contribution is 0.453. The van der Waals surface area contributed by atoms with Crippen molar-refractivity contribution in [1.29, 1.82) is 0 Å². The van der Waals surface area contributed by atoms with Crippen LogP contribution >= 0.6 is 23.5 Å². The average molecular weight is 633 g/mol. The zero-order chi connectivity index (χ0) is 32.5. The van der Waals surface area contributed by atoms with E-state index in [-0.39, 0.29) is 0 Å². The van der Waals surface area contributed by atoms with Crippen LogP contribution < -0.4 is 21.7 Å². The first kappa shape index (κ1) is 48.8. The molecule has 0 aliphatic rings. The lowest BCUT2D eigenvalue weighted by Crippen LogP contribution is -2.21. The maximum Gasteiger partial charge on any atom is 0.0143 e. The van der Waals surface area contributed by atoms with Crippen molar-refractivity contribution in [3.8, 4) is 0 Å². The lowest BCUT2D eigenvalue weighted by atomic mass is 9.99. The molecular formula is C36H80N4S2. The van der Waals surface area contributed by atoms with E-state index in [9.17, 15) is 0 Å². The molecular weight excluding hydrogens is 553 g/mol. The fourth-order valence-electron chi connectivity index (χ4n) is 4.11. The Kier molecular flexibility index (Phi) is 55.5. The summed E-state index contributed by atoms with van der Waals surface area (Å²) in [7, 11) is 2.03. The summed E-state index contributed by atoms with van der Waals surface area (Å²) in [5, 5.41) is 10.1. The van der Waals surface area contributed by atoms with Crippen molar-refractivity contribution in [3.05, 3.63) is 24.9 Å². The number of hydrogen-bond donors (Lipinski definition) is 4. The molecule has 0 radical (unpaired) electrons. The van der Waals surface area contributed by atoms with E-state index in [0.717, 1.165) is 68.9 Å². The molecule has 0 aromatic carbocycles. The summed E-state index contributed by atoms with van der Waals surface area (Å²) in [5.41, 5.74) is 6.60. The standard InChI is InChI=1S/C20H40N2S.C12H28N2S.2C2H6/c1-5-7-14-21-16-13-20(4)22-15-10-12-19(3)11-8-9-18-23-17-6-2;1-12(7-5-9-14-2)6-3-4-10-15-11-8-13;2*1-2/h5,19,21-22H,1,4,6-18H2,2-3H3;12,14H,3-11,13H2,1-2H3;2*1-2H3. The van der Waals surface area contributed by atoms with E-state index in [1.165, 1.54) is 87.9 Å². The van der Waals surface area contributed by atoms with Gasteiger partial charge in [0.05, 0.1) is 0 Å². The molecule has 5 N–H and O–H groups in total. The fraction of sp³-hybridized carbons (Fsp3) is 0.889. The summed E-state index contributed by atoms with van der Waals surface area (Å²) in [6.07, 6.45) is 18.9. The highest BCUT2D eigenvalue weighted by Gasteiger charge is 2.03. The van der Waals surface area contributed by atoms with Crippen molar-refractivity contribution < 1.29 is 0 Å². The normalized spacial score (nSPS) is 11.5. The molecule has 0 aliphatic carbocycles. The average Bonchev–Trinajstić information content (AvgIpc) is 3.01. The summed E-state index contributed by atoms with van der Waals surface area (Å²) in [4.78, 5) is 0. The summed E-state index contributed by atoms with van der Waals surface area (Å²) >= 11 is 4.10. The Hall–Kier alpha value is -0.140. The molecule has 256 valence electrons. The van der Waals surface area contributed by atoms with Crippen molar-refractivity contribution in [2.75, 3.05) is 62.8 Å². The Labute approximate surface area is 275 Å². The fourth-order valence-corrected chi connectivity index (χ4v) is 5.79. The topological polar surface area (TPSA) is 62.1 Å². The molecule has 42 heavy (non-hydrogen) atoms. The molecule has 4 nitrogen and oxygen atoms in total. The number of nitrogens with two attached hydrogens (primary N) is 1. The minimum absolute atomic E-state index is 0.824. The van der Waals surface area contributed by atoms with Gasteiger partial charge in [0.2, 0.25) is 0 Å². The smallest absolute Gasteiger partial charge is 0.0143 e. The monoisotopic (exact) mass is 633 g/mol.